The minimum atomic E-state index is 0. The summed E-state index contributed by atoms with van der Waals surface area (Å²) in [5.41, 5.74) is 0. The van der Waals surface area contributed by atoms with Crippen LogP contribution in [0.25, 0.3) is 0 Å². The normalized spacial score (nSPS) is 11.1. The molecule has 0 radical (unpaired) electrons. The van der Waals surface area contributed by atoms with Crippen LogP contribution in [-0.2, 0) is 0 Å². The lowest BCUT2D eigenvalue weighted by atomic mass is 10.1. The molecule has 3 N–H and O–H groups in total. The molecule has 0 heterocycles. The van der Waals surface area contributed by atoms with Gasteiger partial charge in [-0.15, -0.1) is 17.0 Å². The first-order valence-electron chi connectivity index (χ1n) is 12.5. The molecule has 0 atom stereocenters. The molecule has 0 spiro atoms. The number of halogens is 1. The van der Waals surface area contributed by atoms with E-state index in [1.165, 1.54) is 140 Å². The number of quaternary nitrogens is 1. The topological polar surface area (TPSA) is 35.0 Å². The summed E-state index contributed by atoms with van der Waals surface area (Å²) in [6, 6.07) is 0. The minimum Gasteiger partial charge on any atom is -0.344 e. The Balaban J connectivity index is -0.00000312. The molecule has 0 aromatic carbocycles. The summed E-state index contributed by atoms with van der Waals surface area (Å²) < 4.78 is 1.36. The molecule has 0 aliphatic rings. The first-order valence-corrected chi connectivity index (χ1v) is 12.5. The third-order valence-corrected chi connectivity index (χ3v) is 6.15. The fourth-order valence-electron chi connectivity index (χ4n) is 4.16. The lowest BCUT2D eigenvalue weighted by Crippen LogP contribution is -2.46. The predicted octanol–water partition coefficient (Wildman–Crippen LogP) is 9.25. The highest BCUT2D eigenvalue weighted by Gasteiger charge is 2.20. The largest absolute Gasteiger partial charge is 0.344 e. The highest BCUT2D eigenvalue weighted by atomic mass is 79.9. The highest BCUT2D eigenvalue weighted by molar-refractivity contribution is 8.93. The molecule has 0 unspecified atom stereocenters. The zero-order valence-electron chi connectivity index (χ0n) is 20.4. The summed E-state index contributed by atoms with van der Waals surface area (Å²) in [5.74, 6) is 0. The van der Waals surface area contributed by atoms with Gasteiger partial charge in [-0.3, -0.25) is 0 Å². The summed E-state index contributed by atoms with van der Waals surface area (Å²) in [6.07, 6.45) is 25.9. The number of hydrogen-bond donors (Lipinski definition) is 1. The summed E-state index contributed by atoms with van der Waals surface area (Å²) >= 11 is 0. The maximum absolute atomic E-state index is 2.56. The summed E-state index contributed by atoms with van der Waals surface area (Å²) in [5, 5.41) is 0. The van der Waals surface area contributed by atoms with Crippen molar-refractivity contribution in [3.8, 4) is 0 Å². The second kappa shape index (κ2) is 25.4. The second-order valence-corrected chi connectivity index (χ2v) is 9.09. The monoisotopic (exact) mass is 465 g/mol. The van der Waals surface area contributed by atoms with Gasteiger partial charge in [-0.1, -0.05) is 97.8 Å². The third kappa shape index (κ3) is 22.7. The van der Waals surface area contributed by atoms with Crippen LogP contribution in [0.4, 0.5) is 0 Å². The Kier molecular flexibility index (Phi) is 30.0. The smallest absolute Gasteiger partial charge is 0.0784 e. The first-order chi connectivity index (χ1) is 12.7. The van der Waals surface area contributed by atoms with Crippen LogP contribution >= 0.6 is 17.0 Å². The number of unbranched alkanes of at least 4 members (excludes halogenated alkanes) is 15. The first kappa shape index (κ1) is 33.0. The molecule has 0 aliphatic heterocycles. The molecule has 0 rings (SSSR count). The second-order valence-electron chi connectivity index (χ2n) is 9.09. The van der Waals surface area contributed by atoms with Crippen molar-refractivity contribution in [1.29, 1.82) is 0 Å². The van der Waals surface area contributed by atoms with E-state index in [9.17, 15) is 0 Å². The van der Waals surface area contributed by atoms with Crippen LogP contribution in [0.3, 0.4) is 0 Å². The van der Waals surface area contributed by atoms with Crippen molar-refractivity contribution in [2.75, 3.05) is 26.7 Å². The molecule has 0 aromatic heterocycles. The van der Waals surface area contributed by atoms with E-state index in [2.05, 4.69) is 27.8 Å². The van der Waals surface area contributed by atoms with Crippen molar-refractivity contribution in [2.45, 2.75) is 136 Å². The Bertz CT molecular complexity index is 230. The number of hydrogen-bond acceptors (Lipinski definition) is 1. The Hall–Kier alpha value is 0.400. The average Bonchev–Trinajstić information content (AvgIpc) is 2.64. The van der Waals surface area contributed by atoms with Gasteiger partial charge in [0.1, 0.15) is 0 Å². The quantitative estimate of drug-likeness (QED) is 0.133. The van der Waals surface area contributed by atoms with Gasteiger partial charge in [0.25, 0.3) is 0 Å². The van der Waals surface area contributed by atoms with Gasteiger partial charge in [-0.05, 0) is 38.5 Å². The van der Waals surface area contributed by atoms with Crippen molar-refractivity contribution in [1.82, 2.24) is 6.15 Å². The summed E-state index contributed by atoms with van der Waals surface area (Å²) in [7, 11) is 2.56. The van der Waals surface area contributed by atoms with E-state index in [0.29, 0.717) is 0 Å². The standard InChI is InChI=1S/C25H54N.BrH.H3N/c1-5-8-11-14-17-20-23-26(4,24-21-18-15-12-9-6-2)25-22-19-16-13-10-7-3;;/h5-25H2,1-4H3;1H;1H3/q+1;;. The fraction of sp³-hybridized carbons (Fsp3) is 1.00. The Labute approximate surface area is 190 Å². The lowest BCUT2D eigenvalue weighted by molar-refractivity contribution is -0.910. The van der Waals surface area contributed by atoms with E-state index in [1.807, 2.05) is 0 Å². The van der Waals surface area contributed by atoms with Crippen LogP contribution in [0, 0.1) is 0 Å². The van der Waals surface area contributed by atoms with Crippen molar-refractivity contribution >= 4 is 17.0 Å². The van der Waals surface area contributed by atoms with Crippen LogP contribution in [0.2, 0.25) is 0 Å². The molecule has 0 aliphatic carbocycles. The van der Waals surface area contributed by atoms with Crippen molar-refractivity contribution in [3.63, 3.8) is 0 Å². The van der Waals surface area contributed by atoms with Crippen LogP contribution < -0.4 is 6.15 Å². The molecular formula is C25H58BrN2+. The minimum absolute atomic E-state index is 0. The molecule has 3 heteroatoms. The maximum atomic E-state index is 2.56. The number of nitrogens with zero attached hydrogens (tertiary/aromatic N) is 1. The molecule has 0 aromatic rings. The predicted molar refractivity (Wildman–Crippen MR) is 136 cm³/mol. The molecule has 0 amide bonds. The van der Waals surface area contributed by atoms with Gasteiger partial charge in [-0.25, -0.2) is 0 Å². The van der Waals surface area contributed by atoms with E-state index >= 15 is 0 Å². The van der Waals surface area contributed by atoms with E-state index in [4.69, 9.17) is 0 Å². The molecule has 0 fully saturated rings. The van der Waals surface area contributed by atoms with E-state index in [0.717, 1.165) is 0 Å². The van der Waals surface area contributed by atoms with Crippen molar-refractivity contribution in [2.24, 2.45) is 0 Å². The van der Waals surface area contributed by atoms with Crippen molar-refractivity contribution < 1.29 is 4.48 Å². The summed E-state index contributed by atoms with van der Waals surface area (Å²) in [6.45, 7) is 11.2. The van der Waals surface area contributed by atoms with Crippen molar-refractivity contribution in [3.05, 3.63) is 0 Å². The van der Waals surface area contributed by atoms with Gasteiger partial charge in [0, 0.05) is 0 Å². The highest BCUT2D eigenvalue weighted by Crippen LogP contribution is 2.16. The average molecular weight is 467 g/mol. The van der Waals surface area contributed by atoms with E-state index in [1.54, 1.807) is 0 Å². The van der Waals surface area contributed by atoms with Gasteiger partial charge in [0.2, 0.25) is 0 Å². The molecule has 0 saturated heterocycles. The van der Waals surface area contributed by atoms with Crippen LogP contribution in [-0.4, -0.2) is 31.2 Å². The molecular weight excluding hydrogens is 408 g/mol. The van der Waals surface area contributed by atoms with Gasteiger partial charge in [0.05, 0.1) is 26.7 Å². The lowest BCUT2D eigenvalue weighted by Gasteiger charge is -2.35. The molecule has 28 heavy (non-hydrogen) atoms. The SMILES string of the molecule is Br.CCCCCCCC[N+](C)(CCCCCCCC)CCCCCCCC.N. The van der Waals surface area contributed by atoms with Gasteiger partial charge in [-0.2, -0.15) is 0 Å². The Morgan fingerprint density at radius 1 is 0.393 bits per heavy atom. The van der Waals surface area contributed by atoms with E-state index < -0.39 is 0 Å². The van der Waals surface area contributed by atoms with Gasteiger partial charge in [0.15, 0.2) is 0 Å². The maximum Gasteiger partial charge on any atom is 0.0784 e. The zero-order chi connectivity index (χ0) is 19.3. The molecule has 2 nitrogen and oxygen atoms in total. The van der Waals surface area contributed by atoms with Crippen LogP contribution in [0.15, 0.2) is 0 Å². The fourth-order valence-corrected chi connectivity index (χ4v) is 4.16. The van der Waals surface area contributed by atoms with Crippen LogP contribution in [0.1, 0.15) is 136 Å². The van der Waals surface area contributed by atoms with Crippen LogP contribution in [0.5, 0.6) is 0 Å². The third-order valence-electron chi connectivity index (χ3n) is 6.15. The van der Waals surface area contributed by atoms with Gasteiger partial charge < -0.3 is 10.6 Å². The Morgan fingerprint density at radius 3 is 0.857 bits per heavy atom. The molecule has 0 saturated carbocycles. The molecule has 174 valence electrons. The van der Waals surface area contributed by atoms with E-state index in [-0.39, 0.29) is 23.1 Å². The Morgan fingerprint density at radius 2 is 0.607 bits per heavy atom. The summed E-state index contributed by atoms with van der Waals surface area (Å²) in [4.78, 5) is 0. The zero-order valence-corrected chi connectivity index (χ0v) is 22.1. The number of rotatable bonds is 21. The molecule has 0 bridgehead atoms. The van der Waals surface area contributed by atoms with Gasteiger partial charge >= 0.3 is 0 Å².